The number of thiazole rings is 1. The second kappa shape index (κ2) is 9.37. The normalized spacial score (nSPS) is 17.6. The van der Waals surface area contributed by atoms with E-state index in [1.165, 1.54) is 5.01 Å². The molecule has 146 valence electrons. The number of anilines is 1. The fraction of sp³-hybridized carbons (Fsp3) is 0.526. The molecule has 0 spiro atoms. The molecular weight excluding hydrogens is 380 g/mol. The Morgan fingerprint density at radius 2 is 2.33 bits per heavy atom. The lowest BCUT2D eigenvalue weighted by Gasteiger charge is -2.20. The van der Waals surface area contributed by atoms with Gasteiger partial charge in [0.05, 0.1) is 15.7 Å². The van der Waals surface area contributed by atoms with Crippen molar-refractivity contribution in [3.63, 3.8) is 0 Å². The maximum Gasteiger partial charge on any atom is 0.191 e. The van der Waals surface area contributed by atoms with Gasteiger partial charge in [0.1, 0.15) is 5.82 Å². The molecule has 3 rings (SSSR count). The molecule has 0 aromatic carbocycles. The highest BCUT2D eigenvalue weighted by Gasteiger charge is 2.25. The van der Waals surface area contributed by atoms with Crippen LogP contribution in [-0.2, 0) is 6.42 Å². The summed E-state index contributed by atoms with van der Waals surface area (Å²) in [5.41, 5.74) is 1.14. The van der Waals surface area contributed by atoms with E-state index in [9.17, 15) is 0 Å². The Morgan fingerprint density at radius 3 is 3.04 bits per heavy atom. The van der Waals surface area contributed by atoms with Gasteiger partial charge < -0.3 is 15.5 Å². The number of nitrogens with zero attached hydrogens (tertiary/aromatic N) is 4. The van der Waals surface area contributed by atoms with Gasteiger partial charge in [-0.1, -0.05) is 25.4 Å². The molecular formula is C19H27ClN6S. The van der Waals surface area contributed by atoms with E-state index in [0.29, 0.717) is 17.0 Å². The van der Waals surface area contributed by atoms with Gasteiger partial charge in [0.25, 0.3) is 0 Å². The Bertz CT molecular complexity index is 775. The highest BCUT2D eigenvalue weighted by molar-refractivity contribution is 7.09. The number of aliphatic imine (C=N–C) groups is 1. The van der Waals surface area contributed by atoms with Crippen molar-refractivity contribution in [2.75, 3.05) is 31.6 Å². The van der Waals surface area contributed by atoms with Gasteiger partial charge in [0, 0.05) is 56.6 Å². The molecule has 1 aliphatic heterocycles. The Balaban J connectivity index is 1.46. The van der Waals surface area contributed by atoms with Crippen LogP contribution in [0.1, 0.15) is 36.9 Å². The van der Waals surface area contributed by atoms with Crippen molar-refractivity contribution in [3.05, 3.63) is 39.4 Å². The van der Waals surface area contributed by atoms with E-state index >= 15 is 0 Å². The molecule has 1 atom stereocenters. The summed E-state index contributed by atoms with van der Waals surface area (Å²) in [7, 11) is 1.80. The van der Waals surface area contributed by atoms with Crippen LogP contribution in [0.2, 0.25) is 5.02 Å². The standard InChI is InChI=1S/C19H27ClN6S/c1-13(2)18-24-15(12-27-18)6-9-23-19(21-3)25-14-7-10-26(11-14)17-16(20)5-4-8-22-17/h4-5,8,12-14H,6-7,9-11H2,1-3H3,(H2,21,23,25). The van der Waals surface area contributed by atoms with E-state index in [0.717, 1.165) is 49.9 Å². The molecule has 3 heterocycles. The van der Waals surface area contributed by atoms with Gasteiger partial charge in [-0.25, -0.2) is 9.97 Å². The maximum atomic E-state index is 6.27. The van der Waals surface area contributed by atoms with Crippen LogP contribution in [0.5, 0.6) is 0 Å². The van der Waals surface area contributed by atoms with E-state index in [1.807, 2.05) is 12.1 Å². The number of hydrogen-bond donors (Lipinski definition) is 2. The minimum absolute atomic E-state index is 0.320. The lowest BCUT2D eigenvalue weighted by atomic mass is 10.2. The molecule has 2 N–H and O–H groups in total. The quantitative estimate of drug-likeness (QED) is 0.569. The zero-order valence-corrected chi connectivity index (χ0v) is 17.6. The van der Waals surface area contributed by atoms with Gasteiger partial charge in [-0.2, -0.15) is 0 Å². The lowest BCUT2D eigenvalue weighted by Crippen LogP contribution is -2.45. The first-order chi connectivity index (χ1) is 13.1. The monoisotopic (exact) mass is 406 g/mol. The molecule has 0 aliphatic carbocycles. The van der Waals surface area contributed by atoms with Crippen molar-refractivity contribution in [2.24, 2.45) is 4.99 Å². The summed E-state index contributed by atoms with van der Waals surface area (Å²) in [6, 6.07) is 4.06. The summed E-state index contributed by atoms with van der Waals surface area (Å²) in [5, 5.41) is 10.9. The maximum absolute atomic E-state index is 6.27. The second-order valence-corrected chi connectivity index (χ2v) is 8.26. The number of rotatable bonds is 6. The van der Waals surface area contributed by atoms with Crippen LogP contribution in [-0.4, -0.2) is 48.7 Å². The Labute approximate surface area is 170 Å². The Kier molecular flexibility index (Phi) is 6.90. The third-order valence-corrected chi connectivity index (χ3v) is 6.02. The van der Waals surface area contributed by atoms with Crippen LogP contribution in [0, 0.1) is 0 Å². The summed E-state index contributed by atoms with van der Waals surface area (Å²) in [4.78, 5) is 15.7. The smallest absolute Gasteiger partial charge is 0.191 e. The van der Waals surface area contributed by atoms with Crippen molar-refractivity contribution in [2.45, 2.75) is 38.6 Å². The van der Waals surface area contributed by atoms with Gasteiger partial charge >= 0.3 is 0 Å². The molecule has 2 aromatic rings. The van der Waals surface area contributed by atoms with E-state index in [4.69, 9.17) is 11.6 Å². The van der Waals surface area contributed by atoms with Crippen LogP contribution in [0.15, 0.2) is 28.7 Å². The molecule has 6 nitrogen and oxygen atoms in total. The topological polar surface area (TPSA) is 65.4 Å². The number of guanidine groups is 1. The minimum Gasteiger partial charge on any atom is -0.356 e. The van der Waals surface area contributed by atoms with Crippen molar-refractivity contribution in [3.8, 4) is 0 Å². The molecule has 8 heteroatoms. The number of aromatic nitrogens is 2. The summed E-state index contributed by atoms with van der Waals surface area (Å²) in [6.45, 7) is 6.96. The lowest BCUT2D eigenvalue weighted by molar-refractivity contribution is 0.647. The summed E-state index contributed by atoms with van der Waals surface area (Å²) < 4.78 is 0. The fourth-order valence-electron chi connectivity index (χ4n) is 3.08. The first-order valence-electron chi connectivity index (χ1n) is 9.33. The Morgan fingerprint density at radius 1 is 1.48 bits per heavy atom. The van der Waals surface area contributed by atoms with Crippen LogP contribution in [0.3, 0.4) is 0 Å². The van der Waals surface area contributed by atoms with Crippen molar-refractivity contribution in [1.82, 2.24) is 20.6 Å². The van der Waals surface area contributed by atoms with Crippen LogP contribution in [0.25, 0.3) is 0 Å². The molecule has 27 heavy (non-hydrogen) atoms. The second-order valence-electron chi connectivity index (χ2n) is 6.97. The molecule has 0 saturated carbocycles. The molecule has 1 unspecified atom stereocenters. The first kappa shape index (κ1) is 19.9. The van der Waals surface area contributed by atoms with Crippen molar-refractivity contribution < 1.29 is 0 Å². The highest BCUT2D eigenvalue weighted by Crippen LogP contribution is 2.25. The minimum atomic E-state index is 0.320. The number of halogens is 1. The summed E-state index contributed by atoms with van der Waals surface area (Å²) in [5.74, 6) is 2.17. The first-order valence-corrected chi connectivity index (χ1v) is 10.6. The SMILES string of the molecule is CN=C(NCCc1csc(C(C)C)n1)NC1CCN(c2ncccc2Cl)C1. The average molecular weight is 407 g/mol. The van der Waals surface area contributed by atoms with Gasteiger partial charge in [0.2, 0.25) is 0 Å². The predicted octanol–water partition coefficient (Wildman–Crippen LogP) is 3.30. The van der Waals surface area contributed by atoms with E-state index in [1.54, 1.807) is 24.6 Å². The average Bonchev–Trinajstić information content (AvgIpc) is 3.31. The largest absolute Gasteiger partial charge is 0.356 e. The number of hydrogen-bond acceptors (Lipinski definition) is 5. The van der Waals surface area contributed by atoms with E-state index in [-0.39, 0.29) is 0 Å². The van der Waals surface area contributed by atoms with Crippen LogP contribution in [0.4, 0.5) is 5.82 Å². The van der Waals surface area contributed by atoms with Crippen LogP contribution < -0.4 is 15.5 Å². The highest BCUT2D eigenvalue weighted by atomic mass is 35.5. The summed E-state index contributed by atoms with van der Waals surface area (Å²) in [6.07, 6.45) is 3.70. The van der Waals surface area contributed by atoms with Gasteiger partial charge in [0.15, 0.2) is 5.96 Å². The number of pyridine rings is 1. The van der Waals surface area contributed by atoms with Crippen molar-refractivity contribution in [1.29, 1.82) is 0 Å². The number of nitrogens with one attached hydrogen (secondary N) is 2. The van der Waals surface area contributed by atoms with Gasteiger partial charge in [-0.15, -0.1) is 11.3 Å². The summed E-state index contributed by atoms with van der Waals surface area (Å²) >= 11 is 8.01. The fourth-order valence-corrected chi connectivity index (χ4v) is 4.19. The van der Waals surface area contributed by atoms with Gasteiger partial charge in [-0.3, -0.25) is 4.99 Å². The molecule has 0 bridgehead atoms. The third kappa shape index (κ3) is 5.32. The molecule has 0 radical (unpaired) electrons. The molecule has 2 aromatic heterocycles. The van der Waals surface area contributed by atoms with Crippen molar-refractivity contribution >= 4 is 34.7 Å². The zero-order valence-electron chi connectivity index (χ0n) is 16.1. The zero-order chi connectivity index (χ0) is 19.2. The third-order valence-electron chi connectivity index (χ3n) is 4.53. The van der Waals surface area contributed by atoms with Crippen LogP contribution >= 0.6 is 22.9 Å². The molecule has 0 amide bonds. The molecule has 1 fully saturated rings. The predicted molar refractivity (Wildman–Crippen MR) is 114 cm³/mol. The Hall–Kier alpha value is -1.86. The van der Waals surface area contributed by atoms with E-state index < -0.39 is 0 Å². The molecule has 1 saturated heterocycles. The molecule has 1 aliphatic rings. The van der Waals surface area contributed by atoms with Gasteiger partial charge in [-0.05, 0) is 18.6 Å². The van der Waals surface area contributed by atoms with E-state index in [2.05, 4.69) is 49.7 Å².